The van der Waals surface area contributed by atoms with E-state index in [-0.39, 0.29) is 0 Å². The van der Waals surface area contributed by atoms with Gasteiger partial charge in [0, 0.05) is 41.5 Å². The van der Waals surface area contributed by atoms with Gasteiger partial charge in [0.05, 0.1) is 11.7 Å². The number of hydrogen-bond donors (Lipinski definition) is 1. The van der Waals surface area contributed by atoms with Crippen molar-refractivity contribution in [2.75, 3.05) is 4.90 Å². The number of fused-ring (bicyclic) bond motifs is 1. The SMILES string of the molecule is Cn1ncc2cc(-c3ccc(CN(c4ccccc4)c4cc(F)cc(/C=C/C(=O)O)c4)c(Cl)c3)ccc21. The van der Waals surface area contributed by atoms with Crippen molar-refractivity contribution in [2.45, 2.75) is 6.54 Å². The first-order valence-corrected chi connectivity index (χ1v) is 12.0. The molecule has 0 saturated heterocycles. The van der Waals surface area contributed by atoms with E-state index in [2.05, 4.69) is 11.2 Å². The lowest BCUT2D eigenvalue weighted by molar-refractivity contribution is -0.131. The number of aryl methyl sites for hydroxylation is 1. The Kier molecular flexibility index (Phi) is 6.75. The fourth-order valence-corrected chi connectivity index (χ4v) is 4.56. The summed E-state index contributed by atoms with van der Waals surface area (Å²) in [6, 6.07) is 26.2. The van der Waals surface area contributed by atoms with Gasteiger partial charge in [0.15, 0.2) is 0 Å². The molecular weight excluding hydrogens is 489 g/mol. The monoisotopic (exact) mass is 511 g/mol. The molecule has 5 rings (SSSR count). The van der Waals surface area contributed by atoms with Crippen LogP contribution in [0.3, 0.4) is 0 Å². The van der Waals surface area contributed by atoms with Crippen molar-refractivity contribution in [3.63, 3.8) is 0 Å². The van der Waals surface area contributed by atoms with Crippen molar-refractivity contribution in [1.82, 2.24) is 9.78 Å². The molecule has 1 aromatic heterocycles. The fraction of sp³-hybridized carbons (Fsp3) is 0.0667. The van der Waals surface area contributed by atoms with E-state index in [1.165, 1.54) is 18.2 Å². The number of anilines is 2. The number of carboxylic acid groups (broad SMARTS) is 1. The van der Waals surface area contributed by atoms with Gasteiger partial charge in [0.2, 0.25) is 0 Å². The van der Waals surface area contributed by atoms with Crippen molar-refractivity contribution in [3.05, 3.63) is 119 Å². The Morgan fingerprint density at radius 1 is 1.00 bits per heavy atom. The van der Waals surface area contributed by atoms with Gasteiger partial charge in [-0.2, -0.15) is 5.10 Å². The molecule has 5 aromatic rings. The van der Waals surface area contributed by atoms with Gasteiger partial charge in [-0.1, -0.05) is 48.0 Å². The molecule has 1 N–H and O–H groups in total. The van der Waals surface area contributed by atoms with Crippen LogP contribution in [0.4, 0.5) is 15.8 Å². The zero-order chi connectivity index (χ0) is 25.9. The van der Waals surface area contributed by atoms with Gasteiger partial charge in [0.1, 0.15) is 5.82 Å². The Morgan fingerprint density at radius 3 is 2.51 bits per heavy atom. The third kappa shape index (κ3) is 5.39. The molecule has 0 fully saturated rings. The third-order valence-corrected chi connectivity index (χ3v) is 6.52. The first-order chi connectivity index (χ1) is 17.9. The van der Waals surface area contributed by atoms with Crippen LogP contribution in [-0.4, -0.2) is 20.9 Å². The van der Waals surface area contributed by atoms with Crippen LogP contribution in [0.2, 0.25) is 5.02 Å². The molecule has 0 amide bonds. The standard InChI is InChI=1S/C30H23ClFN3O2/c1-34-29-11-10-21(15-24(29)18-33-34)22-8-9-23(28(31)16-22)19-35(26-5-3-2-4-6-26)27-14-20(7-12-30(36)37)13-25(32)17-27/h2-18H,19H2,1H3,(H,36,37)/b12-7+. The first kappa shape index (κ1) is 24.3. The minimum absolute atomic E-state index is 0.385. The average molecular weight is 512 g/mol. The summed E-state index contributed by atoms with van der Waals surface area (Å²) in [7, 11) is 1.91. The summed E-state index contributed by atoms with van der Waals surface area (Å²) in [4.78, 5) is 12.9. The van der Waals surface area contributed by atoms with E-state index in [1.54, 1.807) is 6.07 Å². The molecule has 4 aromatic carbocycles. The number of carbonyl (C=O) groups is 1. The number of halogens is 2. The minimum Gasteiger partial charge on any atom is -0.478 e. The smallest absolute Gasteiger partial charge is 0.328 e. The van der Waals surface area contributed by atoms with E-state index >= 15 is 0 Å². The number of aliphatic carboxylic acids is 1. The maximum absolute atomic E-state index is 14.6. The summed E-state index contributed by atoms with van der Waals surface area (Å²) in [6.45, 7) is 0.385. The van der Waals surface area contributed by atoms with Gasteiger partial charge in [-0.25, -0.2) is 9.18 Å². The molecular formula is C30H23ClFN3O2. The second-order valence-corrected chi connectivity index (χ2v) is 9.09. The average Bonchev–Trinajstić information content (AvgIpc) is 3.27. The first-order valence-electron chi connectivity index (χ1n) is 11.6. The van der Waals surface area contributed by atoms with Gasteiger partial charge in [-0.15, -0.1) is 0 Å². The van der Waals surface area contributed by atoms with E-state index < -0.39 is 11.8 Å². The predicted octanol–water partition coefficient (Wildman–Crippen LogP) is 7.47. The normalized spacial score (nSPS) is 11.3. The van der Waals surface area contributed by atoms with Crippen molar-refractivity contribution >= 4 is 45.9 Å². The van der Waals surface area contributed by atoms with E-state index in [9.17, 15) is 9.18 Å². The number of hydrogen-bond acceptors (Lipinski definition) is 3. The summed E-state index contributed by atoms with van der Waals surface area (Å²) in [5, 5.41) is 14.9. The molecule has 0 radical (unpaired) electrons. The number of para-hydroxylation sites is 1. The topological polar surface area (TPSA) is 58.4 Å². The Bertz CT molecular complexity index is 1630. The second-order valence-electron chi connectivity index (χ2n) is 8.68. The molecule has 0 aliphatic rings. The highest BCUT2D eigenvalue weighted by atomic mass is 35.5. The number of rotatable bonds is 7. The van der Waals surface area contributed by atoms with E-state index in [0.29, 0.717) is 22.8 Å². The van der Waals surface area contributed by atoms with Crippen LogP contribution >= 0.6 is 11.6 Å². The van der Waals surface area contributed by atoms with Crippen LogP contribution in [0, 0.1) is 5.82 Å². The summed E-state index contributed by atoms with van der Waals surface area (Å²) in [5.41, 5.74) is 5.82. The van der Waals surface area contributed by atoms with E-state index in [0.717, 1.165) is 39.4 Å². The van der Waals surface area contributed by atoms with Crippen LogP contribution in [0.25, 0.3) is 28.1 Å². The molecule has 0 aliphatic carbocycles. The number of carboxylic acids is 1. The maximum atomic E-state index is 14.6. The van der Waals surface area contributed by atoms with Gasteiger partial charge in [-0.05, 0) is 76.9 Å². The van der Waals surface area contributed by atoms with Crippen molar-refractivity contribution in [1.29, 1.82) is 0 Å². The van der Waals surface area contributed by atoms with E-state index in [1.807, 2.05) is 83.5 Å². The Hall–Kier alpha value is -4.42. The lowest BCUT2D eigenvalue weighted by Crippen LogP contribution is -2.17. The van der Waals surface area contributed by atoms with Crippen LogP contribution in [0.5, 0.6) is 0 Å². The molecule has 0 saturated carbocycles. The number of nitrogens with zero attached hydrogens (tertiary/aromatic N) is 3. The van der Waals surface area contributed by atoms with Crippen molar-refractivity contribution in [2.24, 2.45) is 7.05 Å². The molecule has 7 heteroatoms. The Morgan fingerprint density at radius 2 is 1.76 bits per heavy atom. The van der Waals surface area contributed by atoms with Gasteiger partial charge < -0.3 is 10.0 Å². The molecule has 1 heterocycles. The quantitative estimate of drug-likeness (QED) is 0.230. The molecule has 0 bridgehead atoms. The van der Waals surface area contributed by atoms with E-state index in [4.69, 9.17) is 16.7 Å². The van der Waals surface area contributed by atoms with Gasteiger partial charge in [-0.3, -0.25) is 4.68 Å². The van der Waals surface area contributed by atoms with Crippen molar-refractivity contribution < 1.29 is 14.3 Å². The Balaban J connectivity index is 1.50. The number of benzene rings is 4. The molecule has 0 aliphatic heterocycles. The lowest BCUT2D eigenvalue weighted by Gasteiger charge is -2.26. The maximum Gasteiger partial charge on any atom is 0.328 e. The molecule has 184 valence electrons. The van der Waals surface area contributed by atoms with Crippen LogP contribution in [0.1, 0.15) is 11.1 Å². The molecule has 0 unspecified atom stereocenters. The molecule has 37 heavy (non-hydrogen) atoms. The highest BCUT2D eigenvalue weighted by Crippen LogP contribution is 2.33. The zero-order valence-electron chi connectivity index (χ0n) is 20.0. The predicted molar refractivity (Wildman–Crippen MR) is 147 cm³/mol. The highest BCUT2D eigenvalue weighted by molar-refractivity contribution is 6.31. The third-order valence-electron chi connectivity index (χ3n) is 6.16. The molecule has 0 atom stereocenters. The summed E-state index contributed by atoms with van der Waals surface area (Å²) < 4.78 is 16.4. The second kappa shape index (κ2) is 10.3. The fourth-order valence-electron chi connectivity index (χ4n) is 4.32. The van der Waals surface area contributed by atoms with Crippen LogP contribution in [0.15, 0.2) is 97.2 Å². The highest BCUT2D eigenvalue weighted by Gasteiger charge is 2.15. The minimum atomic E-state index is -1.10. The number of aromatic nitrogens is 2. The largest absolute Gasteiger partial charge is 0.478 e. The molecule has 0 spiro atoms. The Labute approximate surface area is 218 Å². The molecule has 5 nitrogen and oxygen atoms in total. The zero-order valence-corrected chi connectivity index (χ0v) is 20.7. The van der Waals surface area contributed by atoms with Crippen molar-refractivity contribution in [3.8, 4) is 11.1 Å². The summed E-state index contributed by atoms with van der Waals surface area (Å²) in [6.07, 6.45) is 4.20. The summed E-state index contributed by atoms with van der Waals surface area (Å²) >= 11 is 6.77. The van der Waals surface area contributed by atoms with Gasteiger partial charge >= 0.3 is 5.97 Å². The van der Waals surface area contributed by atoms with Crippen LogP contribution in [-0.2, 0) is 18.4 Å². The van der Waals surface area contributed by atoms with Crippen LogP contribution < -0.4 is 4.90 Å². The summed E-state index contributed by atoms with van der Waals surface area (Å²) in [5.74, 6) is -1.56. The van der Waals surface area contributed by atoms with Gasteiger partial charge in [0.25, 0.3) is 0 Å². The lowest BCUT2D eigenvalue weighted by atomic mass is 10.0.